The van der Waals surface area contributed by atoms with Crippen molar-refractivity contribution in [3.05, 3.63) is 76.9 Å². The summed E-state index contributed by atoms with van der Waals surface area (Å²) in [6.45, 7) is 1.96. The maximum atomic E-state index is 12.0. The molecule has 106 valence electrons. The predicted octanol–water partition coefficient (Wildman–Crippen LogP) is 3.25. The second-order valence-corrected chi connectivity index (χ2v) is 4.77. The van der Waals surface area contributed by atoms with E-state index in [4.69, 9.17) is 0 Å². The Balaban J connectivity index is 2.10. The summed E-state index contributed by atoms with van der Waals surface area (Å²) >= 11 is 0. The second-order valence-electron chi connectivity index (χ2n) is 4.77. The summed E-state index contributed by atoms with van der Waals surface area (Å²) in [4.78, 5) is 23.5. The molecule has 0 aliphatic heterocycles. The van der Waals surface area contributed by atoms with E-state index in [1.54, 1.807) is 37.4 Å². The maximum absolute atomic E-state index is 12.0. The third-order valence-electron chi connectivity index (χ3n) is 3.13. The van der Waals surface area contributed by atoms with Crippen LogP contribution in [-0.4, -0.2) is 18.7 Å². The minimum absolute atomic E-state index is 0.0333. The standard InChI is InChI=1S/C18H17NO2/c1-13-4-3-5-16(12-13)17(20)11-8-14-6-9-15(10-7-14)18(21)19-2/h3-12H,1-2H3,(H,19,21). The lowest BCUT2D eigenvalue weighted by atomic mass is 10.1. The number of hydrogen-bond acceptors (Lipinski definition) is 2. The van der Waals surface area contributed by atoms with Crippen molar-refractivity contribution in [2.24, 2.45) is 0 Å². The molecule has 0 aliphatic carbocycles. The lowest BCUT2D eigenvalue weighted by molar-refractivity contribution is 0.0962. The van der Waals surface area contributed by atoms with Gasteiger partial charge in [-0.05, 0) is 36.8 Å². The fraction of sp³-hybridized carbons (Fsp3) is 0.111. The monoisotopic (exact) mass is 279 g/mol. The van der Waals surface area contributed by atoms with Gasteiger partial charge in [-0.1, -0.05) is 42.0 Å². The molecule has 3 heteroatoms. The highest BCUT2D eigenvalue weighted by molar-refractivity contribution is 6.06. The van der Waals surface area contributed by atoms with Crippen molar-refractivity contribution in [3.63, 3.8) is 0 Å². The van der Waals surface area contributed by atoms with Gasteiger partial charge in [0.15, 0.2) is 5.78 Å². The number of hydrogen-bond donors (Lipinski definition) is 1. The quantitative estimate of drug-likeness (QED) is 0.689. The zero-order valence-electron chi connectivity index (χ0n) is 12.1. The van der Waals surface area contributed by atoms with Crippen LogP contribution in [-0.2, 0) is 0 Å². The van der Waals surface area contributed by atoms with Crippen molar-refractivity contribution in [1.82, 2.24) is 5.32 Å². The van der Waals surface area contributed by atoms with Gasteiger partial charge in [0.25, 0.3) is 5.91 Å². The van der Waals surface area contributed by atoms with Crippen LogP contribution in [0.2, 0.25) is 0 Å². The van der Waals surface area contributed by atoms with Crippen molar-refractivity contribution in [2.75, 3.05) is 7.05 Å². The highest BCUT2D eigenvalue weighted by Gasteiger charge is 2.03. The molecule has 0 fully saturated rings. The molecule has 21 heavy (non-hydrogen) atoms. The molecule has 2 aromatic carbocycles. The van der Waals surface area contributed by atoms with E-state index in [-0.39, 0.29) is 11.7 Å². The van der Waals surface area contributed by atoms with Crippen molar-refractivity contribution >= 4 is 17.8 Å². The number of benzene rings is 2. The Bertz CT molecular complexity index is 685. The fourth-order valence-corrected chi connectivity index (χ4v) is 1.96. The Morgan fingerprint density at radius 1 is 1.00 bits per heavy atom. The van der Waals surface area contributed by atoms with Crippen molar-refractivity contribution in [2.45, 2.75) is 6.92 Å². The lowest BCUT2D eigenvalue weighted by Crippen LogP contribution is -2.17. The molecular weight excluding hydrogens is 262 g/mol. The first-order chi connectivity index (χ1) is 10.1. The molecule has 2 aromatic rings. The van der Waals surface area contributed by atoms with Gasteiger partial charge in [-0.25, -0.2) is 0 Å². The Morgan fingerprint density at radius 3 is 2.33 bits per heavy atom. The van der Waals surface area contributed by atoms with Crippen LogP contribution in [0.3, 0.4) is 0 Å². The number of amides is 1. The van der Waals surface area contributed by atoms with Gasteiger partial charge in [-0.2, -0.15) is 0 Å². The number of aryl methyl sites for hydroxylation is 1. The maximum Gasteiger partial charge on any atom is 0.251 e. The molecule has 0 heterocycles. The third kappa shape index (κ3) is 3.89. The number of nitrogens with one attached hydrogen (secondary N) is 1. The minimum atomic E-state index is -0.124. The van der Waals surface area contributed by atoms with Crippen LogP contribution < -0.4 is 5.32 Å². The van der Waals surface area contributed by atoms with Crippen LogP contribution in [0.1, 0.15) is 31.8 Å². The van der Waals surface area contributed by atoms with Gasteiger partial charge in [0.1, 0.15) is 0 Å². The molecule has 1 amide bonds. The minimum Gasteiger partial charge on any atom is -0.355 e. The topological polar surface area (TPSA) is 46.2 Å². The molecule has 0 unspecified atom stereocenters. The van der Waals surface area contributed by atoms with Gasteiger partial charge >= 0.3 is 0 Å². The molecular formula is C18H17NO2. The van der Waals surface area contributed by atoms with Crippen LogP contribution in [0.4, 0.5) is 0 Å². The molecule has 0 aromatic heterocycles. The largest absolute Gasteiger partial charge is 0.355 e. The van der Waals surface area contributed by atoms with Crippen LogP contribution in [0.5, 0.6) is 0 Å². The highest BCUT2D eigenvalue weighted by atomic mass is 16.1. The van der Waals surface area contributed by atoms with E-state index in [9.17, 15) is 9.59 Å². The number of carbonyl (C=O) groups is 2. The van der Waals surface area contributed by atoms with E-state index in [1.807, 2.05) is 37.3 Å². The second kappa shape index (κ2) is 6.66. The Hall–Kier alpha value is -2.68. The van der Waals surface area contributed by atoms with Crippen LogP contribution in [0, 0.1) is 6.92 Å². The highest BCUT2D eigenvalue weighted by Crippen LogP contribution is 2.09. The summed E-state index contributed by atoms with van der Waals surface area (Å²) in [7, 11) is 1.59. The van der Waals surface area contributed by atoms with Crippen LogP contribution >= 0.6 is 0 Å². The van der Waals surface area contributed by atoms with Gasteiger partial charge in [0.2, 0.25) is 0 Å². The lowest BCUT2D eigenvalue weighted by Gasteiger charge is -2.00. The summed E-state index contributed by atoms with van der Waals surface area (Å²) in [6, 6.07) is 14.6. The smallest absolute Gasteiger partial charge is 0.251 e. The van der Waals surface area contributed by atoms with E-state index < -0.39 is 0 Å². The molecule has 0 radical (unpaired) electrons. The summed E-state index contributed by atoms with van der Waals surface area (Å²) in [5.41, 5.74) is 3.21. The fourth-order valence-electron chi connectivity index (χ4n) is 1.96. The Kier molecular flexibility index (Phi) is 4.67. The van der Waals surface area contributed by atoms with E-state index >= 15 is 0 Å². The molecule has 0 atom stereocenters. The normalized spacial score (nSPS) is 10.6. The van der Waals surface area contributed by atoms with Crippen LogP contribution in [0.15, 0.2) is 54.6 Å². The molecule has 0 spiro atoms. The van der Waals surface area contributed by atoms with Gasteiger partial charge in [0, 0.05) is 18.2 Å². The average molecular weight is 279 g/mol. The molecule has 3 nitrogen and oxygen atoms in total. The molecule has 1 N–H and O–H groups in total. The SMILES string of the molecule is CNC(=O)c1ccc(C=CC(=O)c2cccc(C)c2)cc1. The van der Waals surface area contributed by atoms with Gasteiger partial charge in [-0.3, -0.25) is 9.59 Å². The average Bonchev–Trinajstić information content (AvgIpc) is 2.52. The first-order valence-electron chi connectivity index (χ1n) is 6.71. The van der Waals surface area contributed by atoms with Gasteiger partial charge in [0.05, 0.1) is 0 Å². The van der Waals surface area contributed by atoms with Crippen molar-refractivity contribution in [3.8, 4) is 0 Å². The predicted molar refractivity (Wildman–Crippen MR) is 84.4 cm³/mol. The third-order valence-corrected chi connectivity index (χ3v) is 3.13. The van der Waals surface area contributed by atoms with Crippen LogP contribution in [0.25, 0.3) is 6.08 Å². The number of rotatable bonds is 4. The molecule has 0 bridgehead atoms. The zero-order valence-corrected chi connectivity index (χ0v) is 12.1. The summed E-state index contributed by atoms with van der Waals surface area (Å²) in [5, 5.41) is 2.57. The summed E-state index contributed by atoms with van der Waals surface area (Å²) < 4.78 is 0. The van der Waals surface area contributed by atoms with Crippen molar-refractivity contribution in [1.29, 1.82) is 0 Å². The van der Waals surface area contributed by atoms with E-state index in [2.05, 4.69) is 5.32 Å². The molecule has 0 saturated carbocycles. The summed E-state index contributed by atoms with van der Waals surface area (Å²) in [5.74, 6) is -0.157. The first-order valence-corrected chi connectivity index (χ1v) is 6.71. The number of carbonyl (C=O) groups excluding carboxylic acids is 2. The van der Waals surface area contributed by atoms with Crippen molar-refractivity contribution < 1.29 is 9.59 Å². The molecule has 0 aliphatic rings. The number of allylic oxidation sites excluding steroid dienone is 1. The molecule has 0 saturated heterocycles. The number of ketones is 1. The molecule has 2 rings (SSSR count). The van der Waals surface area contributed by atoms with Gasteiger partial charge < -0.3 is 5.32 Å². The van der Waals surface area contributed by atoms with Gasteiger partial charge in [-0.15, -0.1) is 0 Å². The van der Waals surface area contributed by atoms with E-state index in [0.29, 0.717) is 11.1 Å². The first kappa shape index (κ1) is 14.7. The summed E-state index contributed by atoms with van der Waals surface area (Å²) in [6.07, 6.45) is 3.29. The Labute approximate surface area is 124 Å². The zero-order chi connectivity index (χ0) is 15.2. The van der Waals surface area contributed by atoms with E-state index in [0.717, 1.165) is 11.1 Å². The van der Waals surface area contributed by atoms with E-state index in [1.165, 1.54) is 0 Å². The Morgan fingerprint density at radius 2 is 1.71 bits per heavy atom.